The van der Waals surface area contributed by atoms with Gasteiger partial charge in [-0.25, -0.2) is 4.79 Å². The largest absolute Gasteiger partial charge is 0.547 e. The van der Waals surface area contributed by atoms with Crippen molar-refractivity contribution in [2.75, 3.05) is 39.3 Å². The van der Waals surface area contributed by atoms with E-state index in [2.05, 4.69) is 5.32 Å². The predicted octanol–water partition coefficient (Wildman–Crippen LogP) is -1.47. The van der Waals surface area contributed by atoms with Crippen LogP contribution in [0.15, 0.2) is 18.2 Å². The summed E-state index contributed by atoms with van der Waals surface area (Å²) in [5.41, 5.74) is 0.582. The maximum absolute atomic E-state index is 12.4. The molecule has 0 aliphatic carbocycles. The molecule has 1 saturated heterocycles. The molecule has 4 N–H and O–H groups in total. The molecular formula is C17H22BN3O7. The van der Waals surface area contributed by atoms with E-state index in [0.717, 1.165) is 0 Å². The van der Waals surface area contributed by atoms with Crippen LogP contribution in [0.1, 0.15) is 15.9 Å². The number of benzene rings is 1. The van der Waals surface area contributed by atoms with Crippen LogP contribution in [0.3, 0.4) is 0 Å². The summed E-state index contributed by atoms with van der Waals surface area (Å²) in [5, 5.41) is 31.0. The summed E-state index contributed by atoms with van der Waals surface area (Å²) in [7, 11) is -1.34. The first-order valence-corrected chi connectivity index (χ1v) is 8.99. The minimum Gasteiger partial charge on any atom is -0.534 e. The summed E-state index contributed by atoms with van der Waals surface area (Å²) in [5.74, 6) is -2.85. The van der Waals surface area contributed by atoms with Crippen molar-refractivity contribution in [1.82, 2.24) is 15.1 Å². The van der Waals surface area contributed by atoms with Gasteiger partial charge in [-0.05, 0) is 18.1 Å². The Morgan fingerprint density at radius 3 is 2.36 bits per heavy atom. The minimum atomic E-state index is -1.34. The van der Waals surface area contributed by atoms with Crippen molar-refractivity contribution in [2.24, 2.45) is 0 Å². The predicted molar refractivity (Wildman–Crippen MR) is 98.2 cm³/mol. The number of carboxylic acids is 2. The third-order valence-corrected chi connectivity index (χ3v) is 4.89. The van der Waals surface area contributed by atoms with E-state index in [9.17, 15) is 24.5 Å². The Morgan fingerprint density at radius 2 is 1.75 bits per heavy atom. The molecule has 0 unspecified atom stereocenters. The lowest BCUT2D eigenvalue weighted by Crippen LogP contribution is -2.56. The highest BCUT2D eigenvalue weighted by molar-refractivity contribution is 6.47. The van der Waals surface area contributed by atoms with E-state index < -0.39 is 25.0 Å². The highest BCUT2D eigenvalue weighted by Crippen LogP contribution is 2.30. The highest BCUT2D eigenvalue weighted by Gasteiger charge is 2.38. The second-order valence-electron chi connectivity index (χ2n) is 6.93. The molecule has 1 fully saturated rings. The number of nitrogens with one attached hydrogen (secondary N) is 1. The smallest absolute Gasteiger partial charge is 0.534 e. The molecule has 1 aromatic carbocycles. The van der Waals surface area contributed by atoms with Gasteiger partial charge < -0.3 is 25.2 Å². The lowest BCUT2D eigenvalue weighted by molar-refractivity contribution is -0.139. The van der Waals surface area contributed by atoms with Crippen LogP contribution < -0.4 is 9.97 Å². The van der Waals surface area contributed by atoms with E-state index in [1.54, 1.807) is 12.1 Å². The van der Waals surface area contributed by atoms with E-state index >= 15 is 0 Å². The maximum Gasteiger partial charge on any atom is 0.547 e. The van der Waals surface area contributed by atoms with Crippen molar-refractivity contribution < 1.29 is 34.3 Å². The first-order chi connectivity index (χ1) is 13.3. The second kappa shape index (κ2) is 8.59. The van der Waals surface area contributed by atoms with E-state index in [1.165, 1.54) is 6.07 Å². The van der Waals surface area contributed by atoms with Gasteiger partial charge in [-0.3, -0.25) is 19.4 Å². The SMILES string of the molecule is O=C(O)CN1CCN(CC(=O)N[C@H]2Cc3cccc(C(=O)O)c3OB2O)CC1. The topological polar surface area (TPSA) is 140 Å². The molecule has 0 spiro atoms. The molecule has 1 aromatic rings. The monoisotopic (exact) mass is 391 g/mol. The van der Waals surface area contributed by atoms with Crippen LogP contribution >= 0.6 is 0 Å². The fourth-order valence-corrected chi connectivity index (χ4v) is 3.47. The van der Waals surface area contributed by atoms with E-state index in [4.69, 9.17) is 9.76 Å². The highest BCUT2D eigenvalue weighted by atomic mass is 16.5. The summed E-state index contributed by atoms with van der Waals surface area (Å²) in [4.78, 5) is 38.1. The zero-order valence-electron chi connectivity index (χ0n) is 15.2. The summed E-state index contributed by atoms with van der Waals surface area (Å²) in [6.45, 7) is 2.42. The molecule has 0 aromatic heterocycles. The number of rotatable bonds is 6. The Morgan fingerprint density at radius 1 is 1.11 bits per heavy atom. The van der Waals surface area contributed by atoms with Crippen LogP contribution in [0.5, 0.6) is 5.75 Å². The molecule has 2 heterocycles. The summed E-state index contributed by atoms with van der Waals surface area (Å²) in [6.07, 6.45) is 0.260. The van der Waals surface area contributed by atoms with Gasteiger partial charge in [-0.15, -0.1) is 0 Å². The molecule has 2 aliphatic rings. The van der Waals surface area contributed by atoms with Gasteiger partial charge in [0.05, 0.1) is 24.6 Å². The fraction of sp³-hybridized carbons (Fsp3) is 0.471. The van der Waals surface area contributed by atoms with Gasteiger partial charge in [0, 0.05) is 26.2 Å². The van der Waals surface area contributed by atoms with Gasteiger partial charge in [0.1, 0.15) is 5.75 Å². The van der Waals surface area contributed by atoms with Gasteiger partial charge in [0.15, 0.2) is 0 Å². The molecule has 0 bridgehead atoms. The number of carbonyl (C=O) groups is 3. The number of amides is 1. The fourth-order valence-electron chi connectivity index (χ4n) is 3.47. The molecule has 0 radical (unpaired) electrons. The number of fused-ring (bicyclic) bond motifs is 1. The van der Waals surface area contributed by atoms with Crippen LogP contribution in [0.4, 0.5) is 0 Å². The Bertz CT molecular complexity index is 767. The van der Waals surface area contributed by atoms with Crippen molar-refractivity contribution in [2.45, 2.75) is 12.4 Å². The molecular weight excluding hydrogens is 369 g/mol. The lowest BCUT2D eigenvalue weighted by atomic mass is 9.72. The normalized spacial score (nSPS) is 20.2. The Labute approximate surface area is 161 Å². The number of aromatic carboxylic acids is 1. The van der Waals surface area contributed by atoms with Gasteiger partial charge >= 0.3 is 19.1 Å². The number of aliphatic carboxylic acids is 1. The standard InChI is InChI=1S/C17H22BN3O7/c22-14(9-20-4-6-21(7-5-20)10-15(23)24)19-13-8-11-2-1-3-12(17(25)26)16(11)28-18(13)27/h1-3,13,27H,4-10H2,(H,19,22)(H,23,24)(H,25,26)/t13-/m0/s1. The number of para-hydroxylation sites is 1. The summed E-state index contributed by atoms with van der Waals surface area (Å²) in [6, 6.07) is 4.70. The number of hydrogen-bond donors (Lipinski definition) is 4. The lowest BCUT2D eigenvalue weighted by Gasteiger charge is -2.34. The van der Waals surface area contributed by atoms with E-state index in [1.807, 2.05) is 9.80 Å². The molecule has 1 amide bonds. The van der Waals surface area contributed by atoms with Crippen LogP contribution in [0.25, 0.3) is 0 Å². The number of carbonyl (C=O) groups excluding carboxylic acids is 1. The molecule has 0 saturated carbocycles. The average molecular weight is 391 g/mol. The van der Waals surface area contributed by atoms with Gasteiger partial charge in [0.25, 0.3) is 0 Å². The number of nitrogens with zero attached hydrogens (tertiary/aromatic N) is 2. The number of hydrogen-bond acceptors (Lipinski definition) is 7. The third kappa shape index (κ3) is 4.80. The van der Waals surface area contributed by atoms with Gasteiger partial charge in [-0.2, -0.15) is 0 Å². The van der Waals surface area contributed by atoms with Crippen LogP contribution in [0.2, 0.25) is 0 Å². The molecule has 3 rings (SSSR count). The second-order valence-corrected chi connectivity index (χ2v) is 6.93. The number of carboxylic acid groups (broad SMARTS) is 2. The summed E-state index contributed by atoms with van der Waals surface area (Å²) < 4.78 is 5.36. The van der Waals surface area contributed by atoms with Crippen molar-refractivity contribution in [3.63, 3.8) is 0 Å². The van der Waals surface area contributed by atoms with Crippen LogP contribution in [-0.2, 0) is 16.0 Å². The Hall–Kier alpha value is -2.63. The van der Waals surface area contributed by atoms with Crippen molar-refractivity contribution in [1.29, 1.82) is 0 Å². The molecule has 10 nitrogen and oxygen atoms in total. The maximum atomic E-state index is 12.4. The number of piperazine rings is 1. The Balaban J connectivity index is 1.53. The van der Waals surface area contributed by atoms with Crippen LogP contribution in [0, 0.1) is 0 Å². The molecule has 1 atom stereocenters. The zero-order chi connectivity index (χ0) is 20.3. The Kier molecular flexibility index (Phi) is 6.17. The van der Waals surface area contributed by atoms with Crippen molar-refractivity contribution in [3.05, 3.63) is 29.3 Å². The van der Waals surface area contributed by atoms with Crippen molar-refractivity contribution >= 4 is 25.0 Å². The molecule has 2 aliphatic heterocycles. The average Bonchev–Trinajstić information content (AvgIpc) is 2.63. The van der Waals surface area contributed by atoms with E-state index in [0.29, 0.717) is 31.7 Å². The van der Waals surface area contributed by atoms with E-state index in [-0.39, 0.29) is 36.7 Å². The molecule has 11 heteroatoms. The van der Waals surface area contributed by atoms with Crippen LogP contribution in [-0.4, -0.2) is 95.2 Å². The quantitative estimate of drug-likeness (QED) is 0.428. The van der Waals surface area contributed by atoms with Crippen molar-refractivity contribution in [3.8, 4) is 5.75 Å². The molecule has 150 valence electrons. The minimum absolute atomic E-state index is 0.0105. The van der Waals surface area contributed by atoms with Gasteiger partial charge in [-0.1, -0.05) is 12.1 Å². The zero-order valence-corrected chi connectivity index (χ0v) is 15.2. The third-order valence-electron chi connectivity index (χ3n) is 4.89. The van der Waals surface area contributed by atoms with Gasteiger partial charge in [0.2, 0.25) is 5.91 Å². The molecule has 28 heavy (non-hydrogen) atoms. The first kappa shape index (κ1) is 20.1. The summed E-state index contributed by atoms with van der Waals surface area (Å²) >= 11 is 0. The first-order valence-electron chi connectivity index (χ1n) is 8.99.